The zero-order valence-corrected chi connectivity index (χ0v) is 8.25. The number of hydrogen-bond donors (Lipinski definition) is 0. The van der Waals surface area contributed by atoms with Gasteiger partial charge in [-0.15, -0.1) is 13.2 Å². The molecule has 70 valence electrons. The van der Waals surface area contributed by atoms with Gasteiger partial charge in [-0.05, 0) is 12.1 Å². The van der Waals surface area contributed by atoms with Crippen molar-refractivity contribution in [2.24, 2.45) is 0 Å². The lowest BCUT2D eigenvalue weighted by Gasteiger charge is -1.92. The van der Waals surface area contributed by atoms with E-state index in [1.807, 2.05) is 0 Å². The Bertz CT molecular complexity index is 317. The minimum Gasteiger partial charge on any atom is -0.258 e. The van der Waals surface area contributed by atoms with Gasteiger partial charge in [0.2, 0.25) is 5.82 Å². The van der Waals surface area contributed by atoms with Gasteiger partial charge in [0.05, 0.1) is 4.92 Å². The average molecular weight is 248 g/mol. The normalized spacial score (nSPS) is 8.46. The molecule has 0 unspecified atom stereocenters. The molecule has 3 nitrogen and oxygen atoms in total. The lowest BCUT2D eigenvalue weighted by molar-refractivity contribution is -0.387. The molecule has 0 heterocycles. The van der Waals surface area contributed by atoms with E-state index in [-0.39, 0.29) is 0 Å². The van der Waals surface area contributed by atoms with Crippen molar-refractivity contribution >= 4 is 21.6 Å². The molecule has 0 saturated carbocycles. The van der Waals surface area contributed by atoms with Gasteiger partial charge < -0.3 is 0 Å². The lowest BCUT2D eigenvalue weighted by Crippen LogP contribution is -1.91. The van der Waals surface area contributed by atoms with Crippen molar-refractivity contribution in [2.75, 3.05) is 0 Å². The third-order valence-corrected chi connectivity index (χ3v) is 1.60. The molecule has 0 N–H and O–H groups in total. The van der Waals surface area contributed by atoms with Crippen LogP contribution < -0.4 is 0 Å². The van der Waals surface area contributed by atoms with Gasteiger partial charge in [-0.1, -0.05) is 15.9 Å². The summed E-state index contributed by atoms with van der Waals surface area (Å²) in [6.07, 6.45) is 0. The van der Waals surface area contributed by atoms with E-state index in [0.717, 1.165) is 12.1 Å². The van der Waals surface area contributed by atoms with Gasteiger partial charge >= 0.3 is 5.69 Å². The maximum Gasteiger partial charge on any atom is 0.304 e. The van der Waals surface area contributed by atoms with E-state index in [4.69, 9.17) is 0 Å². The molecular weight excluding hydrogens is 241 g/mol. The van der Waals surface area contributed by atoms with Gasteiger partial charge in [0.25, 0.3) is 0 Å². The second-order valence-electron chi connectivity index (χ2n) is 1.85. The fraction of sp³-hybridized carbons (Fsp3) is 0. The number of halogens is 2. The summed E-state index contributed by atoms with van der Waals surface area (Å²) < 4.78 is 13.1. The van der Waals surface area contributed by atoms with E-state index in [1.54, 1.807) is 0 Å². The number of nitro benzene ring substituents is 1. The summed E-state index contributed by atoms with van der Waals surface area (Å²) in [5.74, 6) is -0.829. The third-order valence-electron chi connectivity index (χ3n) is 1.11. The van der Waals surface area contributed by atoms with Crippen molar-refractivity contribution in [3.8, 4) is 0 Å². The van der Waals surface area contributed by atoms with Crippen LogP contribution >= 0.6 is 15.9 Å². The summed E-state index contributed by atoms with van der Waals surface area (Å²) in [7, 11) is 0. The van der Waals surface area contributed by atoms with Crippen molar-refractivity contribution in [2.45, 2.75) is 0 Å². The van der Waals surface area contributed by atoms with Gasteiger partial charge in [-0.2, -0.15) is 4.39 Å². The van der Waals surface area contributed by atoms with Crippen LogP contribution in [0.3, 0.4) is 0 Å². The van der Waals surface area contributed by atoms with Crippen LogP contribution in [-0.2, 0) is 0 Å². The second kappa shape index (κ2) is 5.42. The lowest BCUT2D eigenvalue weighted by atomic mass is 10.3. The Hall–Kier alpha value is -1.23. The molecule has 0 saturated heterocycles. The van der Waals surface area contributed by atoms with E-state index in [1.165, 1.54) is 6.07 Å². The molecule has 0 aliphatic carbocycles. The zero-order valence-electron chi connectivity index (χ0n) is 6.67. The standard InChI is InChI=1S/C6H3BrFNO2.C2H4/c7-4-1-2-6(9(10)11)5(8)3-4;1-2/h1-3H;1-2H2. The summed E-state index contributed by atoms with van der Waals surface area (Å²) in [6.45, 7) is 6.00. The molecule has 0 bridgehead atoms. The SMILES string of the molecule is C=C.O=[N+]([O-])c1ccc(Br)cc1F. The first kappa shape index (κ1) is 11.8. The minimum absolute atomic E-state index is 0.487. The van der Waals surface area contributed by atoms with Crippen molar-refractivity contribution < 1.29 is 9.31 Å². The predicted molar refractivity (Wildman–Crippen MR) is 52.0 cm³/mol. The topological polar surface area (TPSA) is 43.1 Å². The summed E-state index contributed by atoms with van der Waals surface area (Å²) in [5.41, 5.74) is -0.506. The van der Waals surface area contributed by atoms with E-state index in [2.05, 4.69) is 29.1 Å². The van der Waals surface area contributed by atoms with Crippen LogP contribution in [-0.4, -0.2) is 4.92 Å². The van der Waals surface area contributed by atoms with Gasteiger partial charge in [-0.3, -0.25) is 10.1 Å². The number of nitrogens with zero attached hydrogens (tertiary/aromatic N) is 1. The van der Waals surface area contributed by atoms with Crippen molar-refractivity contribution in [3.63, 3.8) is 0 Å². The highest BCUT2D eigenvalue weighted by Crippen LogP contribution is 2.20. The van der Waals surface area contributed by atoms with Crippen LogP contribution in [0.1, 0.15) is 0 Å². The second-order valence-corrected chi connectivity index (χ2v) is 2.77. The first-order valence-corrected chi connectivity index (χ1v) is 4.00. The predicted octanol–water partition coefficient (Wildman–Crippen LogP) is 3.30. The Morgan fingerprint density at radius 3 is 2.38 bits per heavy atom. The van der Waals surface area contributed by atoms with Gasteiger partial charge in [0.1, 0.15) is 0 Å². The average Bonchev–Trinajstić information content (AvgIpc) is 2.07. The molecule has 5 heteroatoms. The van der Waals surface area contributed by atoms with Gasteiger partial charge in [-0.25, -0.2) is 0 Å². The van der Waals surface area contributed by atoms with Crippen LogP contribution in [0.25, 0.3) is 0 Å². The molecule has 1 rings (SSSR count). The molecule has 0 amide bonds. The van der Waals surface area contributed by atoms with Crippen LogP contribution in [0.2, 0.25) is 0 Å². The minimum atomic E-state index is -0.829. The summed E-state index contributed by atoms with van der Waals surface area (Å²) in [4.78, 5) is 9.32. The fourth-order valence-electron chi connectivity index (χ4n) is 0.629. The van der Waals surface area contributed by atoms with Crippen LogP contribution in [0, 0.1) is 15.9 Å². The zero-order chi connectivity index (χ0) is 10.4. The van der Waals surface area contributed by atoms with Crippen molar-refractivity contribution in [1.82, 2.24) is 0 Å². The molecule has 0 spiro atoms. The van der Waals surface area contributed by atoms with Crippen molar-refractivity contribution in [3.05, 3.63) is 51.8 Å². The number of nitro groups is 1. The van der Waals surface area contributed by atoms with E-state index < -0.39 is 16.4 Å². The first-order chi connectivity index (χ1) is 6.11. The number of hydrogen-bond acceptors (Lipinski definition) is 2. The maximum atomic E-state index is 12.6. The largest absolute Gasteiger partial charge is 0.304 e. The Morgan fingerprint density at radius 1 is 1.46 bits per heavy atom. The smallest absolute Gasteiger partial charge is 0.258 e. The third kappa shape index (κ3) is 3.33. The fourth-order valence-corrected chi connectivity index (χ4v) is 0.962. The van der Waals surface area contributed by atoms with Crippen LogP contribution in [0.5, 0.6) is 0 Å². The highest BCUT2D eigenvalue weighted by Gasteiger charge is 2.12. The molecule has 1 aromatic carbocycles. The molecule has 0 aromatic heterocycles. The molecule has 0 aliphatic rings. The Balaban J connectivity index is 0.000000671. The summed E-state index contributed by atoms with van der Waals surface area (Å²) in [5, 5.41) is 10.1. The van der Waals surface area contributed by atoms with Crippen LogP contribution in [0.4, 0.5) is 10.1 Å². The van der Waals surface area contributed by atoms with Crippen LogP contribution in [0.15, 0.2) is 35.8 Å². The molecule has 0 atom stereocenters. The molecule has 0 radical (unpaired) electrons. The van der Waals surface area contributed by atoms with E-state index >= 15 is 0 Å². The Morgan fingerprint density at radius 2 is 2.00 bits per heavy atom. The molecule has 0 aliphatic heterocycles. The maximum absolute atomic E-state index is 12.6. The molecular formula is C8H7BrFNO2. The van der Waals surface area contributed by atoms with Gasteiger partial charge in [0.15, 0.2) is 0 Å². The van der Waals surface area contributed by atoms with E-state index in [9.17, 15) is 14.5 Å². The quantitative estimate of drug-likeness (QED) is 0.434. The molecule has 13 heavy (non-hydrogen) atoms. The van der Waals surface area contributed by atoms with Crippen molar-refractivity contribution in [1.29, 1.82) is 0 Å². The number of benzene rings is 1. The van der Waals surface area contributed by atoms with Gasteiger partial charge in [0, 0.05) is 10.5 Å². The first-order valence-electron chi connectivity index (χ1n) is 3.20. The Kier molecular flexibility index (Phi) is 4.91. The number of rotatable bonds is 1. The Labute approximate surface area is 83.2 Å². The highest BCUT2D eigenvalue weighted by atomic mass is 79.9. The monoisotopic (exact) mass is 247 g/mol. The summed E-state index contributed by atoms with van der Waals surface area (Å²) in [6, 6.07) is 3.58. The molecule has 0 fully saturated rings. The van der Waals surface area contributed by atoms with E-state index in [0.29, 0.717) is 4.47 Å². The highest BCUT2D eigenvalue weighted by molar-refractivity contribution is 9.10. The molecule has 1 aromatic rings. The summed E-state index contributed by atoms with van der Waals surface area (Å²) >= 11 is 2.98.